The van der Waals surface area contributed by atoms with Gasteiger partial charge in [-0.15, -0.1) is 0 Å². The third-order valence-electron chi connectivity index (χ3n) is 4.80. The summed E-state index contributed by atoms with van der Waals surface area (Å²) in [4.78, 5) is 33.5. The summed E-state index contributed by atoms with van der Waals surface area (Å²) in [5.41, 5.74) is 6.24. The molecular weight excluding hydrogens is 386 g/mol. The Morgan fingerprint density at radius 2 is 1.97 bits per heavy atom. The van der Waals surface area contributed by atoms with E-state index in [2.05, 4.69) is 24.9 Å². The fourth-order valence-electron chi connectivity index (χ4n) is 3.38. The molecule has 0 aliphatic carbocycles. The maximum atomic E-state index is 13.1. The first-order valence-electron chi connectivity index (χ1n) is 8.52. The maximum Gasteiger partial charge on any atom is 0.302 e. The fourth-order valence-corrected chi connectivity index (χ4v) is 3.38. The summed E-state index contributed by atoms with van der Waals surface area (Å²) in [7, 11) is 0. The molecule has 0 aromatic carbocycles. The first kappa shape index (κ1) is 17.6. The van der Waals surface area contributed by atoms with Crippen LogP contribution < -0.4 is 11.3 Å². The van der Waals surface area contributed by atoms with Gasteiger partial charge >= 0.3 is 5.56 Å². The van der Waals surface area contributed by atoms with Gasteiger partial charge in [-0.3, -0.25) is 9.36 Å². The second kappa shape index (κ2) is 6.28. The van der Waals surface area contributed by atoms with Gasteiger partial charge < -0.3 is 25.8 Å². The molecule has 5 rings (SSSR count). The molecule has 0 spiro atoms. The summed E-state index contributed by atoms with van der Waals surface area (Å²) >= 11 is 0. The Labute approximate surface area is 160 Å². The first-order chi connectivity index (χ1) is 14.0. The van der Waals surface area contributed by atoms with Crippen LogP contribution in [0.3, 0.4) is 0 Å². The van der Waals surface area contributed by atoms with E-state index in [0.29, 0.717) is 11.2 Å². The van der Waals surface area contributed by atoms with Crippen LogP contribution in [0.4, 0.5) is 5.95 Å². The van der Waals surface area contributed by atoms with Crippen LogP contribution in [0.25, 0.3) is 22.3 Å². The number of nitrogen functional groups attached to an aromatic ring is 1. The Balaban J connectivity index is 1.67. The Kier molecular flexibility index (Phi) is 3.82. The lowest BCUT2D eigenvalue weighted by atomic mass is 10.1. The predicted molar refractivity (Wildman–Crippen MR) is 95.3 cm³/mol. The van der Waals surface area contributed by atoms with E-state index >= 15 is 0 Å². The molecule has 14 heteroatoms. The normalized spacial score (nSPS) is 24.7. The minimum Gasteiger partial charge on any atom is -0.394 e. The van der Waals surface area contributed by atoms with Crippen LogP contribution in [0, 0.1) is 0 Å². The lowest BCUT2D eigenvalue weighted by molar-refractivity contribution is -0.0511. The first-order valence-corrected chi connectivity index (χ1v) is 8.52. The standard InChI is InChI=1S/C15H15N9O5/c16-15-21-12-8(20-4-22(12)14-10(27)9(26)7(2-25)29-14)13(28)24(15)23-5-19-6-1-17-3-18-11(6)23/h1,3-5,7,9-10,14,25-27H,2H2,(H2,16,21)/t7-,9?,10?,14-/m1/s1. The smallest absolute Gasteiger partial charge is 0.302 e. The molecule has 0 amide bonds. The summed E-state index contributed by atoms with van der Waals surface area (Å²) in [6.07, 6.45) is 0.650. The van der Waals surface area contributed by atoms with Gasteiger partial charge in [0.1, 0.15) is 36.5 Å². The molecule has 14 nitrogen and oxygen atoms in total. The highest BCUT2D eigenvalue weighted by Gasteiger charge is 2.44. The predicted octanol–water partition coefficient (Wildman–Crippen LogP) is -2.76. The summed E-state index contributed by atoms with van der Waals surface area (Å²) in [5.74, 6) is -0.186. The van der Waals surface area contributed by atoms with Crippen molar-refractivity contribution in [2.24, 2.45) is 0 Å². The van der Waals surface area contributed by atoms with Gasteiger partial charge in [-0.1, -0.05) is 0 Å². The van der Waals surface area contributed by atoms with E-state index in [1.165, 1.54) is 34.4 Å². The number of aliphatic hydroxyl groups excluding tert-OH is 3. The number of aliphatic hydroxyl groups is 3. The average molecular weight is 401 g/mol. The van der Waals surface area contributed by atoms with E-state index in [9.17, 15) is 20.1 Å². The summed E-state index contributed by atoms with van der Waals surface area (Å²) in [6.45, 7) is -0.487. The highest BCUT2D eigenvalue weighted by Crippen LogP contribution is 2.31. The Morgan fingerprint density at radius 3 is 2.72 bits per heavy atom. The monoisotopic (exact) mass is 401 g/mol. The van der Waals surface area contributed by atoms with Crippen molar-refractivity contribution in [1.82, 2.24) is 38.8 Å². The molecule has 2 unspecified atom stereocenters. The number of aromatic nitrogens is 8. The van der Waals surface area contributed by atoms with Crippen molar-refractivity contribution < 1.29 is 20.1 Å². The van der Waals surface area contributed by atoms with E-state index < -0.39 is 36.7 Å². The van der Waals surface area contributed by atoms with Gasteiger partial charge in [0.05, 0.1) is 19.1 Å². The number of fused-ring (bicyclic) bond motifs is 2. The van der Waals surface area contributed by atoms with Crippen LogP contribution in [0.2, 0.25) is 0 Å². The quantitative estimate of drug-likeness (QED) is 0.278. The second-order valence-electron chi connectivity index (χ2n) is 6.46. The van der Waals surface area contributed by atoms with Gasteiger partial charge in [0.2, 0.25) is 5.95 Å². The Hall–Kier alpha value is -3.46. The van der Waals surface area contributed by atoms with Crippen molar-refractivity contribution in [2.45, 2.75) is 24.5 Å². The van der Waals surface area contributed by atoms with Gasteiger partial charge in [-0.25, -0.2) is 24.6 Å². The van der Waals surface area contributed by atoms with E-state index in [1.54, 1.807) is 0 Å². The summed E-state index contributed by atoms with van der Waals surface area (Å²) in [6, 6.07) is 0. The molecule has 5 N–H and O–H groups in total. The van der Waals surface area contributed by atoms with E-state index in [4.69, 9.17) is 10.5 Å². The number of hydrogen-bond acceptors (Lipinski definition) is 11. The maximum absolute atomic E-state index is 13.1. The molecule has 1 fully saturated rings. The molecular formula is C15H15N9O5. The van der Waals surface area contributed by atoms with Crippen LogP contribution in [0.15, 0.2) is 30.0 Å². The lowest BCUT2D eigenvalue weighted by Crippen LogP contribution is -2.33. The minimum atomic E-state index is -1.36. The minimum absolute atomic E-state index is 0.0483. The van der Waals surface area contributed by atoms with E-state index in [1.807, 2.05) is 0 Å². The number of ether oxygens (including phenoxy) is 1. The van der Waals surface area contributed by atoms with Crippen LogP contribution in [0.1, 0.15) is 6.23 Å². The number of nitrogens with two attached hydrogens (primary N) is 1. The average Bonchev–Trinajstić information content (AvgIpc) is 3.40. The van der Waals surface area contributed by atoms with Gasteiger partial charge in [0.15, 0.2) is 23.0 Å². The SMILES string of the molecule is Nc1nc2c(ncn2[C@@H]2O[C@H](CO)C(O)C2O)c(=O)n1-n1cnc2cncnc21. The molecule has 1 saturated heterocycles. The highest BCUT2D eigenvalue weighted by molar-refractivity contribution is 5.72. The molecule has 0 radical (unpaired) electrons. The zero-order valence-electron chi connectivity index (χ0n) is 14.6. The van der Waals surface area contributed by atoms with Crippen molar-refractivity contribution in [3.63, 3.8) is 0 Å². The van der Waals surface area contributed by atoms with Crippen molar-refractivity contribution in [3.05, 3.63) is 35.5 Å². The molecule has 150 valence electrons. The van der Waals surface area contributed by atoms with Crippen LogP contribution in [-0.2, 0) is 4.74 Å². The van der Waals surface area contributed by atoms with Crippen LogP contribution in [-0.4, -0.2) is 79.1 Å². The number of hydrogen-bond donors (Lipinski definition) is 4. The zero-order chi connectivity index (χ0) is 20.3. The zero-order valence-corrected chi connectivity index (χ0v) is 14.6. The molecule has 1 aliphatic rings. The molecule has 5 heterocycles. The second-order valence-corrected chi connectivity index (χ2v) is 6.46. The number of anilines is 1. The topological polar surface area (TPSA) is 192 Å². The molecule has 0 bridgehead atoms. The summed E-state index contributed by atoms with van der Waals surface area (Å²) in [5, 5.41) is 29.5. The lowest BCUT2D eigenvalue weighted by Gasteiger charge is -2.17. The molecule has 4 aromatic heterocycles. The third kappa shape index (κ3) is 2.44. The Morgan fingerprint density at radius 1 is 1.14 bits per heavy atom. The molecule has 0 saturated carbocycles. The van der Waals surface area contributed by atoms with Gasteiger partial charge in [0, 0.05) is 0 Å². The summed E-state index contributed by atoms with van der Waals surface area (Å²) < 4.78 is 9.15. The van der Waals surface area contributed by atoms with E-state index in [-0.39, 0.29) is 17.1 Å². The Bertz CT molecular complexity index is 1280. The number of rotatable bonds is 3. The van der Waals surface area contributed by atoms with E-state index in [0.717, 1.165) is 4.68 Å². The molecule has 4 atom stereocenters. The third-order valence-corrected chi connectivity index (χ3v) is 4.80. The van der Waals surface area contributed by atoms with Crippen molar-refractivity contribution >= 4 is 28.3 Å². The van der Waals surface area contributed by atoms with Crippen molar-refractivity contribution in [3.8, 4) is 0 Å². The van der Waals surface area contributed by atoms with Crippen molar-refractivity contribution in [1.29, 1.82) is 0 Å². The molecule has 4 aromatic rings. The van der Waals surface area contributed by atoms with Gasteiger partial charge in [0.25, 0.3) is 0 Å². The van der Waals surface area contributed by atoms with Crippen LogP contribution >= 0.6 is 0 Å². The largest absolute Gasteiger partial charge is 0.394 e. The van der Waals surface area contributed by atoms with Crippen LogP contribution in [0.5, 0.6) is 0 Å². The number of nitrogens with zero attached hydrogens (tertiary/aromatic N) is 8. The number of imidazole rings is 2. The highest BCUT2D eigenvalue weighted by atomic mass is 16.6. The van der Waals surface area contributed by atoms with Gasteiger partial charge in [-0.05, 0) is 0 Å². The molecule has 1 aliphatic heterocycles. The van der Waals surface area contributed by atoms with Gasteiger partial charge in [-0.2, -0.15) is 9.66 Å². The van der Waals surface area contributed by atoms with Crippen molar-refractivity contribution in [2.75, 3.05) is 12.3 Å². The fraction of sp³-hybridized carbons (Fsp3) is 0.333. The molecule has 29 heavy (non-hydrogen) atoms.